The van der Waals surface area contributed by atoms with Gasteiger partial charge in [-0.25, -0.2) is 8.42 Å². The number of carbonyl (C=O) groups is 2. The van der Waals surface area contributed by atoms with E-state index in [9.17, 15) is 18.0 Å². The van der Waals surface area contributed by atoms with Gasteiger partial charge in [-0.1, -0.05) is 13.0 Å². The van der Waals surface area contributed by atoms with E-state index in [-0.39, 0.29) is 42.4 Å². The van der Waals surface area contributed by atoms with E-state index in [2.05, 4.69) is 6.58 Å². The fourth-order valence-corrected chi connectivity index (χ4v) is 4.51. The molecular formula is C18H23NO5S. The van der Waals surface area contributed by atoms with Gasteiger partial charge in [-0.2, -0.15) is 0 Å². The molecule has 1 fully saturated rings. The Kier molecular flexibility index (Phi) is 6.36. The lowest BCUT2D eigenvalue weighted by Gasteiger charge is -2.27. The van der Waals surface area contributed by atoms with Crippen molar-refractivity contribution >= 4 is 21.5 Å². The molecule has 0 aliphatic carbocycles. The van der Waals surface area contributed by atoms with E-state index in [1.54, 1.807) is 37.3 Å². The minimum absolute atomic E-state index is 0.0135. The number of carbonyl (C=O) groups excluding carboxylic acids is 2. The number of benzene rings is 1. The maximum Gasteiger partial charge on any atom is 0.261 e. The maximum absolute atomic E-state index is 12.4. The Bertz CT molecular complexity index is 739. The van der Waals surface area contributed by atoms with Crippen molar-refractivity contribution in [3.63, 3.8) is 0 Å². The van der Waals surface area contributed by atoms with Crippen LogP contribution in [0, 0.1) is 0 Å². The first-order chi connectivity index (χ1) is 11.9. The van der Waals surface area contributed by atoms with Crippen molar-refractivity contribution in [3.05, 3.63) is 42.5 Å². The van der Waals surface area contributed by atoms with Gasteiger partial charge in [0.25, 0.3) is 5.91 Å². The highest BCUT2D eigenvalue weighted by Crippen LogP contribution is 2.19. The second-order valence-electron chi connectivity index (χ2n) is 5.98. The number of ether oxygens (including phenoxy) is 1. The van der Waals surface area contributed by atoms with Gasteiger partial charge in [-0.05, 0) is 30.7 Å². The second-order valence-corrected chi connectivity index (χ2v) is 8.21. The van der Waals surface area contributed by atoms with Gasteiger partial charge in [-0.3, -0.25) is 9.59 Å². The largest absolute Gasteiger partial charge is 0.484 e. The van der Waals surface area contributed by atoms with E-state index in [1.807, 2.05) is 0 Å². The van der Waals surface area contributed by atoms with Crippen LogP contribution in [-0.2, 0) is 14.6 Å². The number of ketones is 1. The van der Waals surface area contributed by atoms with Gasteiger partial charge >= 0.3 is 0 Å². The summed E-state index contributed by atoms with van der Waals surface area (Å²) in [6, 6.07) is 6.29. The summed E-state index contributed by atoms with van der Waals surface area (Å²) in [6.45, 7) is 5.52. The molecule has 1 atom stereocenters. The van der Waals surface area contributed by atoms with E-state index >= 15 is 0 Å². The Morgan fingerprint density at radius 2 is 2.00 bits per heavy atom. The minimum atomic E-state index is -3.08. The normalized spacial score (nSPS) is 18.5. The van der Waals surface area contributed by atoms with E-state index in [0.717, 1.165) is 0 Å². The molecular weight excluding hydrogens is 342 g/mol. The first-order valence-electron chi connectivity index (χ1n) is 8.23. The third kappa shape index (κ3) is 5.16. The molecule has 0 spiro atoms. The molecule has 2 rings (SSSR count). The molecule has 1 saturated heterocycles. The highest BCUT2D eigenvalue weighted by Gasteiger charge is 2.34. The van der Waals surface area contributed by atoms with Crippen LogP contribution >= 0.6 is 0 Å². The van der Waals surface area contributed by atoms with E-state index in [4.69, 9.17) is 4.74 Å². The molecule has 0 radical (unpaired) electrons. The van der Waals surface area contributed by atoms with Gasteiger partial charge < -0.3 is 9.64 Å². The molecule has 1 aliphatic heterocycles. The smallest absolute Gasteiger partial charge is 0.261 e. The number of rotatable bonds is 8. The molecule has 1 aromatic carbocycles. The van der Waals surface area contributed by atoms with Crippen molar-refractivity contribution in [3.8, 4) is 5.75 Å². The standard InChI is InChI=1S/C18H23NO5S/c1-3-10-19(15-9-11-25(22,23)13-15)18(21)12-24-16-7-5-14(6-8-16)17(20)4-2/h3,5-8,15H,1,4,9-13H2,2H3/t15-/m1/s1. The van der Waals surface area contributed by atoms with Gasteiger partial charge in [-0.15, -0.1) is 6.58 Å². The zero-order valence-electron chi connectivity index (χ0n) is 14.3. The van der Waals surface area contributed by atoms with Gasteiger partial charge in [0, 0.05) is 24.6 Å². The highest BCUT2D eigenvalue weighted by molar-refractivity contribution is 7.91. The van der Waals surface area contributed by atoms with Crippen LogP contribution in [0.3, 0.4) is 0 Å². The number of hydrogen-bond donors (Lipinski definition) is 0. The molecule has 0 aromatic heterocycles. The highest BCUT2D eigenvalue weighted by atomic mass is 32.2. The lowest BCUT2D eigenvalue weighted by molar-refractivity contribution is -0.134. The minimum Gasteiger partial charge on any atom is -0.484 e. The molecule has 0 N–H and O–H groups in total. The van der Waals surface area contributed by atoms with Crippen LogP contribution in [0.4, 0.5) is 0 Å². The summed E-state index contributed by atoms with van der Waals surface area (Å²) in [5, 5.41) is 0. The maximum atomic E-state index is 12.4. The van der Waals surface area contributed by atoms with Gasteiger partial charge in [0.1, 0.15) is 5.75 Å². The van der Waals surface area contributed by atoms with Crippen LogP contribution in [-0.4, -0.2) is 55.7 Å². The van der Waals surface area contributed by atoms with Crippen LogP contribution in [0.25, 0.3) is 0 Å². The molecule has 25 heavy (non-hydrogen) atoms. The summed E-state index contributed by atoms with van der Waals surface area (Å²) in [7, 11) is -3.08. The molecule has 136 valence electrons. The number of amides is 1. The van der Waals surface area contributed by atoms with Crippen LogP contribution < -0.4 is 4.74 Å². The molecule has 1 aliphatic rings. The van der Waals surface area contributed by atoms with Crippen LogP contribution in [0.2, 0.25) is 0 Å². The number of Topliss-reactive ketones (excluding diaryl/α,β-unsaturated/α-hetero) is 1. The Morgan fingerprint density at radius 3 is 2.52 bits per heavy atom. The van der Waals surface area contributed by atoms with Crippen molar-refractivity contribution in [1.82, 2.24) is 4.90 Å². The molecule has 7 heteroatoms. The van der Waals surface area contributed by atoms with Gasteiger partial charge in [0.2, 0.25) is 0 Å². The summed E-state index contributed by atoms with van der Waals surface area (Å²) >= 11 is 0. The first kappa shape index (κ1) is 19.2. The molecule has 1 amide bonds. The Morgan fingerprint density at radius 1 is 1.32 bits per heavy atom. The molecule has 1 aromatic rings. The third-order valence-corrected chi connectivity index (χ3v) is 5.91. The summed E-state index contributed by atoms with van der Waals surface area (Å²) in [6.07, 6.45) is 2.45. The first-order valence-corrected chi connectivity index (χ1v) is 10.0. The number of nitrogens with zero attached hydrogens (tertiary/aromatic N) is 1. The molecule has 0 bridgehead atoms. The van der Waals surface area contributed by atoms with E-state index in [0.29, 0.717) is 24.2 Å². The number of hydrogen-bond acceptors (Lipinski definition) is 5. The Balaban J connectivity index is 1.97. The van der Waals surface area contributed by atoms with Crippen molar-refractivity contribution < 1.29 is 22.7 Å². The molecule has 0 saturated carbocycles. The Labute approximate surface area is 148 Å². The summed E-state index contributed by atoms with van der Waals surface area (Å²) < 4.78 is 28.8. The fourth-order valence-electron chi connectivity index (χ4n) is 2.78. The average Bonchev–Trinajstić information content (AvgIpc) is 2.96. The summed E-state index contributed by atoms with van der Waals surface area (Å²) in [5.74, 6) is 0.337. The van der Waals surface area contributed by atoms with E-state index in [1.165, 1.54) is 4.90 Å². The predicted octanol–water partition coefficient (Wildman–Crippen LogP) is 1.86. The Hall–Kier alpha value is -2.15. The van der Waals surface area contributed by atoms with Crippen LogP contribution in [0.1, 0.15) is 30.1 Å². The molecule has 6 nitrogen and oxygen atoms in total. The topological polar surface area (TPSA) is 80.8 Å². The van der Waals surface area contributed by atoms with Crippen molar-refractivity contribution in [1.29, 1.82) is 0 Å². The predicted molar refractivity (Wildman–Crippen MR) is 95.5 cm³/mol. The van der Waals surface area contributed by atoms with Crippen molar-refractivity contribution in [2.75, 3.05) is 24.7 Å². The summed E-state index contributed by atoms with van der Waals surface area (Å²) in [4.78, 5) is 25.5. The monoisotopic (exact) mass is 365 g/mol. The number of sulfone groups is 1. The zero-order valence-corrected chi connectivity index (χ0v) is 15.1. The molecule has 1 heterocycles. The second kappa shape index (κ2) is 8.29. The van der Waals surface area contributed by atoms with Crippen molar-refractivity contribution in [2.45, 2.75) is 25.8 Å². The average molecular weight is 365 g/mol. The zero-order chi connectivity index (χ0) is 18.4. The third-order valence-electron chi connectivity index (χ3n) is 4.16. The quantitative estimate of drug-likeness (QED) is 0.519. The van der Waals surface area contributed by atoms with Gasteiger partial charge in [0.15, 0.2) is 22.2 Å². The van der Waals surface area contributed by atoms with Crippen LogP contribution in [0.5, 0.6) is 5.75 Å². The summed E-state index contributed by atoms with van der Waals surface area (Å²) in [5.41, 5.74) is 0.602. The van der Waals surface area contributed by atoms with E-state index < -0.39 is 9.84 Å². The van der Waals surface area contributed by atoms with Crippen molar-refractivity contribution in [2.24, 2.45) is 0 Å². The SMILES string of the molecule is C=CCN(C(=O)COc1ccc(C(=O)CC)cc1)[C@@H]1CCS(=O)(=O)C1. The van der Waals surface area contributed by atoms with Gasteiger partial charge in [0.05, 0.1) is 11.5 Å². The lowest BCUT2D eigenvalue weighted by Crippen LogP contribution is -2.43. The lowest BCUT2D eigenvalue weighted by atomic mass is 10.1. The van der Waals surface area contributed by atoms with Crippen LogP contribution in [0.15, 0.2) is 36.9 Å². The fraction of sp³-hybridized carbons (Fsp3) is 0.444. The molecule has 0 unspecified atom stereocenters.